The smallest absolute Gasteiger partial charge is 0.0431 e. The maximum Gasteiger partial charge on any atom is 0.0431 e. The standard InChI is InChI=1S/C10H21NO/c1-10(2)8-9(10)11-6-4-3-5-7-12/h9,11-12H,3-8H2,1-2H3. The molecule has 0 aromatic heterocycles. The SMILES string of the molecule is CC1(C)CC1NCCCCCO. The third kappa shape index (κ3) is 3.11. The van der Waals surface area contributed by atoms with Crippen molar-refractivity contribution in [3.63, 3.8) is 0 Å². The summed E-state index contributed by atoms with van der Waals surface area (Å²) >= 11 is 0. The maximum atomic E-state index is 8.55. The van der Waals surface area contributed by atoms with Gasteiger partial charge in [-0.15, -0.1) is 0 Å². The van der Waals surface area contributed by atoms with Gasteiger partial charge in [-0.25, -0.2) is 0 Å². The van der Waals surface area contributed by atoms with Gasteiger partial charge in [0.25, 0.3) is 0 Å². The predicted molar refractivity (Wildman–Crippen MR) is 51.1 cm³/mol. The van der Waals surface area contributed by atoms with Crippen molar-refractivity contribution in [2.24, 2.45) is 5.41 Å². The minimum atomic E-state index is 0.342. The fraction of sp³-hybridized carbons (Fsp3) is 1.00. The summed E-state index contributed by atoms with van der Waals surface area (Å²) in [6.45, 7) is 6.07. The molecule has 1 fully saturated rings. The molecule has 12 heavy (non-hydrogen) atoms. The van der Waals surface area contributed by atoms with E-state index in [0.717, 1.165) is 25.4 Å². The molecule has 0 bridgehead atoms. The van der Waals surface area contributed by atoms with Crippen LogP contribution in [0.15, 0.2) is 0 Å². The molecule has 2 nitrogen and oxygen atoms in total. The van der Waals surface area contributed by atoms with Gasteiger partial charge in [-0.2, -0.15) is 0 Å². The van der Waals surface area contributed by atoms with E-state index >= 15 is 0 Å². The van der Waals surface area contributed by atoms with Gasteiger partial charge in [0.05, 0.1) is 0 Å². The molecule has 1 rings (SSSR count). The molecular formula is C10H21NO. The molecule has 1 aliphatic rings. The summed E-state index contributed by atoms with van der Waals surface area (Å²) in [4.78, 5) is 0. The van der Waals surface area contributed by atoms with Crippen LogP contribution in [0.2, 0.25) is 0 Å². The molecule has 2 heteroatoms. The first-order valence-corrected chi connectivity index (χ1v) is 5.01. The summed E-state index contributed by atoms with van der Waals surface area (Å²) in [7, 11) is 0. The quantitative estimate of drug-likeness (QED) is 0.594. The number of aliphatic hydroxyl groups is 1. The van der Waals surface area contributed by atoms with Crippen LogP contribution in [0.1, 0.15) is 39.5 Å². The van der Waals surface area contributed by atoms with Crippen LogP contribution in [-0.4, -0.2) is 24.3 Å². The summed E-state index contributed by atoms with van der Waals surface area (Å²) < 4.78 is 0. The van der Waals surface area contributed by atoms with Gasteiger partial charge in [0.15, 0.2) is 0 Å². The molecule has 0 saturated heterocycles. The van der Waals surface area contributed by atoms with E-state index in [2.05, 4.69) is 19.2 Å². The molecule has 0 spiro atoms. The van der Waals surface area contributed by atoms with Crippen LogP contribution in [0.5, 0.6) is 0 Å². The van der Waals surface area contributed by atoms with Crippen molar-refractivity contribution in [1.29, 1.82) is 0 Å². The Morgan fingerprint density at radius 1 is 1.33 bits per heavy atom. The zero-order chi connectivity index (χ0) is 9.03. The second-order valence-corrected chi connectivity index (χ2v) is 4.48. The maximum absolute atomic E-state index is 8.55. The largest absolute Gasteiger partial charge is 0.396 e. The summed E-state index contributed by atoms with van der Waals surface area (Å²) in [6.07, 6.45) is 4.63. The molecule has 2 N–H and O–H groups in total. The fourth-order valence-electron chi connectivity index (χ4n) is 1.51. The highest BCUT2D eigenvalue weighted by Crippen LogP contribution is 2.44. The molecule has 0 aromatic rings. The summed E-state index contributed by atoms with van der Waals surface area (Å²) in [6, 6.07) is 0.756. The van der Waals surface area contributed by atoms with Crippen LogP contribution < -0.4 is 5.32 Å². The molecule has 0 aliphatic heterocycles. The van der Waals surface area contributed by atoms with Gasteiger partial charge in [-0.1, -0.05) is 13.8 Å². The van der Waals surface area contributed by atoms with Gasteiger partial charge in [0.1, 0.15) is 0 Å². The van der Waals surface area contributed by atoms with Gasteiger partial charge in [-0.05, 0) is 37.6 Å². The zero-order valence-corrected chi connectivity index (χ0v) is 8.27. The van der Waals surface area contributed by atoms with Gasteiger partial charge >= 0.3 is 0 Å². The lowest BCUT2D eigenvalue weighted by Gasteiger charge is -2.05. The number of hydrogen-bond acceptors (Lipinski definition) is 2. The Hall–Kier alpha value is -0.0800. The summed E-state index contributed by atoms with van der Waals surface area (Å²) in [5, 5.41) is 12.1. The first kappa shape index (κ1) is 10.0. The summed E-state index contributed by atoms with van der Waals surface area (Å²) in [5.41, 5.74) is 0.553. The number of unbranched alkanes of at least 4 members (excludes halogenated alkanes) is 2. The third-order valence-corrected chi connectivity index (χ3v) is 2.74. The Labute approximate surface area is 75.4 Å². The molecular weight excluding hydrogens is 150 g/mol. The molecule has 72 valence electrons. The molecule has 0 radical (unpaired) electrons. The van der Waals surface area contributed by atoms with Gasteiger partial charge in [0.2, 0.25) is 0 Å². The van der Waals surface area contributed by atoms with Crippen molar-refractivity contribution in [3.8, 4) is 0 Å². The Bertz CT molecular complexity index is 134. The molecule has 1 atom stereocenters. The highest BCUT2D eigenvalue weighted by Gasteiger charge is 2.44. The van der Waals surface area contributed by atoms with E-state index in [-0.39, 0.29) is 0 Å². The minimum absolute atomic E-state index is 0.342. The Morgan fingerprint density at radius 3 is 2.50 bits per heavy atom. The molecule has 0 amide bonds. The van der Waals surface area contributed by atoms with Crippen LogP contribution in [0.25, 0.3) is 0 Å². The normalized spacial score (nSPS) is 25.8. The van der Waals surface area contributed by atoms with Crippen LogP contribution in [-0.2, 0) is 0 Å². The highest BCUT2D eigenvalue weighted by molar-refractivity contribution is 5.01. The third-order valence-electron chi connectivity index (χ3n) is 2.74. The van der Waals surface area contributed by atoms with E-state index in [9.17, 15) is 0 Å². The fourth-order valence-corrected chi connectivity index (χ4v) is 1.51. The van der Waals surface area contributed by atoms with E-state index in [4.69, 9.17) is 5.11 Å². The lowest BCUT2D eigenvalue weighted by atomic mass is 10.2. The average molecular weight is 171 g/mol. The Balaban J connectivity index is 1.85. The first-order chi connectivity index (χ1) is 5.67. The predicted octanol–water partition coefficient (Wildman–Crippen LogP) is 1.54. The van der Waals surface area contributed by atoms with Gasteiger partial charge in [0, 0.05) is 12.6 Å². The summed E-state index contributed by atoms with van der Waals surface area (Å²) in [5.74, 6) is 0. The molecule has 0 heterocycles. The second kappa shape index (κ2) is 4.24. The van der Waals surface area contributed by atoms with Crippen molar-refractivity contribution >= 4 is 0 Å². The Kier molecular flexibility index (Phi) is 3.53. The van der Waals surface area contributed by atoms with E-state index in [1.807, 2.05) is 0 Å². The number of aliphatic hydroxyl groups excluding tert-OH is 1. The van der Waals surface area contributed by atoms with Crippen LogP contribution in [0.3, 0.4) is 0 Å². The second-order valence-electron chi connectivity index (χ2n) is 4.48. The van der Waals surface area contributed by atoms with Gasteiger partial charge in [-0.3, -0.25) is 0 Å². The van der Waals surface area contributed by atoms with Crippen molar-refractivity contribution in [3.05, 3.63) is 0 Å². The van der Waals surface area contributed by atoms with E-state index in [0.29, 0.717) is 12.0 Å². The van der Waals surface area contributed by atoms with Gasteiger partial charge < -0.3 is 10.4 Å². The number of rotatable bonds is 6. The Morgan fingerprint density at radius 2 is 2.00 bits per heavy atom. The number of hydrogen-bond donors (Lipinski definition) is 2. The van der Waals surface area contributed by atoms with E-state index in [1.54, 1.807) is 0 Å². The topological polar surface area (TPSA) is 32.3 Å². The van der Waals surface area contributed by atoms with E-state index in [1.165, 1.54) is 12.8 Å². The van der Waals surface area contributed by atoms with Crippen molar-refractivity contribution in [1.82, 2.24) is 5.32 Å². The number of nitrogens with one attached hydrogen (secondary N) is 1. The monoisotopic (exact) mass is 171 g/mol. The zero-order valence-electron chi connectivity index (χ0n) is 8.27. The van der Waals surface area contributed by atoms with Crippen molar-refractivity contribution in [2.45, 2.75) is 45.6 Å². The first-order valence-electron chi connectivity index (χ1n) is 5.01. The minimum Gasteiger partial charge on any atom is -0.396 e. The van der Waals surface area contributed by atoms with Crippen LogP contribution in [0, 0.1) is 5.41 Å². The molecule has 1 saturated carbocycles. The highest BCUT2D eigenvalue weighted by atomic mass is 16.2. The average Bonchev–Trinajstić information content (AvgIpc) is 2.59. The van der Waals surface area contributed by atoms with Crippen LogP contribution >= 0.6 is 0 Å². The molecule has 1 aliphatic carbocycles. The lowest BCUT2D eigenvalue weighted by Crippen LogP contribution is -2.21. The molecule has 0 aromatic carbocycles. The van der Waals surface area contributed by atoms with Crippen molar-refractivity contribution in [2.75, 3.05) is 13.2 Å². The van der Waals surface area contributed by atoms with E-state index < -0.39 is 0 Å². The molecule has 1 unspecified atom stereocenters. The van der Waals surface area contributed by atoms with Crippen LogP contribution in [0.4, 0.5) is 0 Å². The lowest BCUT2D eigenvalue weighted by molar-refractivity contribution is 0.282. The van der Waals surface area contributed by atoms with Crippen molar-refractivity contribution < 1.29 is 5.11 Å².